The summed E-state index contributed by atoms with van der Waals surface area (Å²) in [5.41, 5.74) is 4.94. The van der Waals surface area contributed by atoms with Crippen LogP contribution in [0.25, 0.3) is 11.3 Å². The van der Waals surface area contributed by atoms with Crippen molar-refractivity contribution in [1.82, 2.24) is 9.66 Å². The van der Waals surface area contributed by atoms with Gasteiger partial charge < -0.3 is 0 Å². The van der Waals surface area contributed by atoms with E-state index in [0.29, 0.717) is 11.6 Å². The molecule has 0 unspecified atom stereocenters. The van der Waals surface area contributed by atoms with Gasteiger partial charge in [-0.3, -0.25) is 9.98 Å². The summed E-state index contributed by atoms with van der Waals surface area (Å²) in [6.45, 7) is 2.57. The number of rotatable bonds is 5. The molecule has 0 aliphatic carbocycles. The molecule has 2 aromatic carbocycles. The zero-order valence-electron chi connectivity index (χ0n) is 15.9. The molecule has 0 radical (unpaired) electrons. The first-order valence-electron chi connectivity index (χ1n) is 9.17. The van der Waals surface area contributed by atoms with Crippen molar-refractivity contribution in [3.05, 3.63) is 105 Å². The molecule has 2 aromatic heterocycles. The van der Waals surface area contributed by atoms with Gasteiger partial charge >= 0.3 is 0 Å². The average Bonchev–Trinajstić information content (AvgIpc) is 3.16. The molecule has 4 rings (SSSR count). The van der Waals surface area contributed by atoms with E-state index < -0.39 is 0 Å². The predicted molar refractivity (Wildman–Crippen MR) is 120 cm³/mol. The molecular formula is C23H19ClN4S. The second-order valence-electron chi connectivity index (χ2n) is 6.45. The Morgan fingerprint density at radius 3 is 2.69 bits per heavy atom. The Balaban J connectivity index is 1.82. The monoisotopic (exact) mass is 418 g/mol. The van der Waals surface area contributed by atoms with Gasteiger partial charge in [-0.25, -0.2) is 4.68 Å². The molecule has 29 heavy (non-hydrogen) atoms. The Labute approximate surface area is 178 Å². The highest BCUT2D eigenvalue weighted by Gasteiger charge is 2.09. The van der Waals surface area contributed by atoms with Crippen LogP contribution in [0.1, 0.15) is 18.1 Å². The highest BCUT2D eigenvalue weighted by molar-refractivity contribution is 7.07. The van der Waals surface area contributed by atoms with Gasteiger partial charge in [0.1, 0.15) is 0 Å². The first-order valence-corrected chi connectivity index (χ1v) is 10.4. The second kappa shape index (κ2) is 8.99. The van der Waals surface area contributed by atoms with Crippen molar-refractivity contribution in [3.63, 3.8) is 0 Å². The van der Waals surface area contributed by atoms with Crippen molar-refractivity contribution in [2.45, 2.75) is 13.5 Å². The standard InChI is InChI=1S/C23H19ClN4S/c1-17(20-10-6-12-25-15-20)27-28-22(19-9-5-11-21(24)13-19)16-29-23(28)26-14-18-7-3-2-4-8-18/h2-13,15-16H,14H2,1H3. The minimum Gasteiger partial charge on any atom is -0.264 e. The molecule has 0 N–H and O–H groups in total. The van der Waals surface area contributed by atoms with Gasteiger partial charge in [-0.15, -0.1) is 11.3 Å². The zero-order valence-corrected chi connectivity index (χ0v) is 17.4. The number of benzene rings is 2. The van der Waals surface area contributed by atoms with Gasteiger partial charge in [0, 0.05) is 33.9 Å². The summed E-state index contributed by atoms with van der Waals surface area (Å²) in [5.74, 6) is 0. The Kier molecular flexibility index (Phi) is 5.98. The molecule has 0 fully saturated rings. The summed E-state index contributed by atoms with van der Waals surface area (Å²) in [5, 5.41) is 7.63. The number of aromatic nitrogens is 2. The highest BCUT2D eigenvalue weighted by atomic mass is 35.5. The smallest absolute Gasteiger partial charge is 0.206 e. The van der Waals surface area contributed by atoms with Crippen molar-refractivity contribution < 1.29 is 0 Å². The summed E-state index contributed by atoms with van der Waals surface area (Å²) in [7, 11) is 0. The average molecular weight is 419 g/mol. The predicted octanol–water partition coefficient (Wildman–Crippen LogP) is 5.64. The molecule has 0 spiro atoms. The molecule has 4 nitrogen and oxygen atoms in total. The lowest BCUT2D eigenvalue weighted by Crippen LogP contribution is -2.14. The number of hydrogen-bond acceptors (Lipinski definition) is 4. The fraction of sp³-hybridized carbons (Fsp3) is 0.0870. The third-order valence-corrected chi connectivity index (χ3v) is 5.46. The van der Waals surface area contributed by atoms with Crippen LogP contribution in [0.4, 0.5) is 0 Å². The maximum Gasteiger partial charge on any atom is 0.206 e. The minimum atomic E-state index is 0.595. The van der Waals surface area contributed by atoms with E-state index in [9.17, 15) is 0 Å². The Bertz CT molecular complexity index is 1190. The van der Waals surface area contributed by atoms with Crippen molar-refractivity contribution >= 4 is 28.6 Å². The fourth-order valence-corrected chi connectivity index (χ4v) is 3.90. The summed E-state index contributed by atoms with van der Waals surface area (Å²) < 4.78 is 1.89. The van der Waals surface area contributed by atoms with Crippen molar-refractivity contribution in [2.24, 2.45) is 10.1 Å². The lowest BCUT2D eigenvalue weighted by molar-refractivity contribution is 0.819. The van der Waals surface area contributed by atoms with Crippen LogP contribution in [0.2, 0.25) is 5.02 Å². The number of nitrogens with zero attached hydrogens (tertiary/aromatic N) is 4. The van der Waals surface area contributed by atoms with Crippen LogP contribution in [-0.2, 0) is 6.54 Å². The van der Waals surface area contributed by atoms with Crippen LogP contribution in [-0.4, -0.2) is 15.4 Å². The summed E-state index contributed by atoms with van der Waals surface area (Å²) in [6.07, 6.45) is 3.57. The van der Waals surface area contributed by atoms with Crippen molar-refractivity contribution in [2.75, 3.05) is 0 Å². The molecule has 0 saturated heterocycles. The van der Waals surface area contributed by atoms with E-state index in [1.54, 1.807) is 17.5 Å². The van der Waals surface area contributed by atoms with E-state index in [1.165, 1.54) is 0 Å². The summed E-state index contributed by atoms with van der Waals surface area (Å²) >= 11 is 7.79. The Hall–Kier alpha value is -3.02. The van der Waals surface area contributed by atoms with E-state index in [-0.39, 0.29) is 0 Å². The molecule has 2 heterocycles. The minimum absolute atomic E-state index is 0.595. The van der Waals surface area contributed by atoms with Gasteiger partial charge in [0.2, 0.25) is 4.80 Å². The zero-order chi connectivity index (χ0) is 20.1. The molecule has 0 amide bonds. The van der Waals surface area contributed by atoms with Crippen LogP contribution < -0.4 is 4.80 Å². The SMILES string of the molecule is CC(=Nn1c(-c2cccc(Cl)c2)csc1=NCc1ccccc1)c1cccnc1. The third kappa shape index (κ3) is 4.70. The lowest BCUT2D eigenvalue weighted by Gasteiger charge is -2.06. The van der Waals surface area contributed by atoms with Crippen LogP contribution in [0.15, 0.2) is 94.6 Å². The second-order valence-corrected chi connectivity index (χ2v) is 7.73. The van der Waals surface area contributed by atoms with Gasteiger partial charge in [-0.2, -0.15) is 5.10 Å². The summed E-state index contributed by atoms with van der Waals surface area (Å²) in [6, 6.07) is 21.9. The van der Waals surface area contributed by atoms with E-state index in [4.69, 9.17) is 21.7 Å². The topological polar surface area (TPSA) is 42.5 Å². The lowest BCUT2D eigenvalue weighted by atomic mass is 10.2. The molecule has 0 aliphatic rings. The van der Waals surface area contributed by atoms with Gasteiger partial charge in [-0.1, -0.05) is 60.1 Å². The largest absolute Gasteiger partial charge is 0.264 e. The van der Waals surface area contributed by atoms with Crippen LogP contribution in [0, 0.1) is 0 Å². The molecule has 144 valence electrons. The first-order chi connectivity index (χ1) is 14.2. The third-order valence-electron chi connectivity index (χ3n) is 4.37. The van der Waals surface area contributed by atoms with Crippen LogP contribution in [0.3, 0.4) is 0 Å². The highest BCUT2D eigenvalue weighted by Crippen LogP contribution is 2.23. The first kappa shape index (κ1) is 19.3. The van der Waals surface area contributed by atoms with Gasteiger partial charge in [0.15, 0.2) is 0 Å². The molecule has 0 atom stereocenters. The Morgan fingerprint density at radius 1 is 1.07 bits per heavy atom. The molecule has 6 heteroatoms. The van der Waals surface area contributed by atoms with E-state index in [0.717, 1.165) is 32.9 Å². The number of hydrogen-bond donors (Lipinski definition) is 0. The molecule has 0 aliphatic heterocycles. The van der Waals surface area contributed by atoms with Gasteiger partial charge in [-0.05, 0) is 30.7 Å². The van der Waals surface area contributed by atoms with E-state index in [1.807, 2.05) is 72.4 Å². The fourth-order valence-electron chi connectivity index (χ4n) is 2.88. The number of thiazole rings is 1. The number of halogens is 1. The molecule has 4 aromatic rings. The van der Waals surface area contributed by atoms with Crippen molar-refractivity contribution in [3.8, 4) is 11.3 Å². The quantitative estimate of drug-likeness (QED) is 0.387. The van der Waals surface area contributed by atoms with E-state index in [2.05, 4.69) is 22.5 Å². The van der Waals surface area contributed by atoms with Crippen LogP contribution >= 0.6 is 22.9 Å². The molecule has 0 saturated carbocycles. The summed E-state index contributed by atoms with van der Waals surface area (Å²) in [4.78, 5) is 9.84. The molecule has 0 bridgehead atoms. The van der Waals surface area contributed by atoms with Gasteiger partial charge in [0.05, 0.1) is 18.0 Å². The molecular weight excluding hydrogens is 400 g/mol. The van der Waals surface area contributed by atoms with Crippen LogP contribution in [0.5, 0.6) is 0 Å². The van der Waals surface area contributed by atoms with Gasteiger partial charge in [0.25, 0.3) is 0 Å². The van der Waals surface area contributed by atoms with E-state index >= 15 is 0 Å². The maximum atomic E-state index is 6.22. The number of pyridine rings is 1. The Morgan fingerprint density at radius 2 is 1.93 bits per heavy atom. The maximum absolute atomic E-state index is 6.22. The van der Waals surface area contributed by atoms with Crippen molar-refractivity contribution in [1.29, 1.82) is 0 Å². The normalized spacial score (nSPS) is 12.3.